The molecule has 1 aliphatic heterocycles. The summed E-state index contributed by atoms with van der Waals surface area (Å²) < 4.78 is 53.1. The highest BCUT2D eigenvalue weighted by atomic mass is 32.2. The van der Waals surface area contributed by atoms with Crippen LogP contribution in [-0.2, 0) is 16.6 Å². The molecule has 0 bridgehead atoms. The quantitative estimate of drug-likeness (QED) is 0.849. The van der Waals surface area contributed by atoms with Gasteiger partial charge in [0.05, 0.1) is 0 Å². The van der Waals surface area contributed by atoms with Crippen LogP contribution in [0.4, 0.5) is 8.78 Å². The Hall–Kier alpha value is -1.83. The molecule has 3 rings (SSSR count). The van der Waals surface area contributed by atoms with Crippen molar-refractivity contribution in [2.45, 2.75) is 11.4 Å². The summed E-state index contributed by atoms with van der Waals surface area (Å²) in [5.74, 6) is -1.85. The highest BCUT2D eigenvalue weighted by Crippen LogP contribution is 2.21. The second-order valence-corrected chi connectivity index (χ2v) is 7.65. The first-order valence-corrected chi connectivity index (χ1v) is 9.12. The summed E-state index contributed by atoms with van der Waals surface area (Å²) in [7, 11) is -3.94. The van der Waals surface area contributed by atoms with Crippen LogP contribution in [-0.4, -0.2) is 43.8 Å². The molecule has 1 heterocycles. The largest absolute Gasteiger partial charge is 0.296 e. The molecule has 0 atom stereocenters. The van der Waals surface area contributed by atoms with E-state index in [4.69, 9.17) is 0 Å². The third kappa shape index (κ3) is 3.63. The van der Waals surface area contributed by atoms with Crippen LogP contribution in [0.3, 0.4) is 0 Å². The lowest BCUT2D eigenvalue weighted by molar-refractivity contribution is 0.181. The van der Waals surface area contributed by atoms with E-state index in [-0.39, 0.29) is 13.1 Å². The number of rotatable bonds is 4. The smallest absolute Gasteiger partial charge is 0.246 e. The van der Waals surface area contributed by atoms with Crippen molar-refractivity contribution in [3.63, 3.8) is 0 Å². The van der Waals surface area contributed by atoms with E-state index in [1.807, 2.05) is 30.3 Å². The van der Waals surface area contributed by atoms with E-state index in [1.165, 1.54) is 9.87 Å². The standard InChI is InChI=1S/C17H18F2N2O2S/c18-15-6-7-17(16(19)12-15)24(22,23)21-10-8-20(9-11-21)13-14-4-2-1-3-5-14/h1-7,12H,8-11,13H2. The molecule has 0 saturated carbocycles. The zero-order chi connectivity index (χ0) is 17.2. The summed E-state index contributed by atoms with van der Waals surface area (Å²) in [5, 5.41) is 0. The Morgan fingerprint density at radius 2 is 1.58 bits per heavy atom. The molecule has 1 aliphatic rings. The highest BCUT2D eigenvalue weighted by Gasteiger charge is 2.30. The topological polar surface area (TPSA) is 40.6 Å². The normalized spacial score (nSPS) is 17.1. The molecule has 0 spiro atoms. The maximum absolute atomic E-state index is 13.8. The molecular formula is C17H18F2N2O2S. The van der Waals surface area contributed by atoms with Gasteiger partial charge >= 0.3 is 0 Å². The van der Waals surface area contributed by atoms with Gasteiger partial charge in [-0.1, -0.05) is 30.3 Å². The van der Waals surface area contributed by atoms with Gasteiger partial charge in [0, 0.05) is 38.8 Å². The number of sulfonamides is 1. The molecule has 1 fully saturated rings. The Bertz CT molecular complexity index is 805. The fourth-order valence-electron chi connectivity index (χ4n) is 2.79. The number of piperazine rings is 1. The summed E-state index contributed by atoms with van der Waals surface area (Å²) in [6.45, 7) is 2.45. The zero-order valence-electron chi connectivity index (χ0n) is 13.0. The Morgan fingerprint density at radius 3 is 2.21 bits per heavy atom. The van der Waals surface area contributed by atoms with E-state index >= 15 is 0 Å². The van der Waals surface area contributed by atoms with Crippen molar-refractivity contribution in [3.05, 3.63) is 65.7 Å². The van der Waals surface area contributed by atoms with Crippen molar-refractivity contribution in [3.8, 4) is 0 Å². The Balaban J connectivity index is 1.67. The van der Waals surface area contributed by atoms with Crippen LogP contribution in [0.25, 0.3) is 0 Å². The lowest BCUT2D eigenvalue weighted by Gasteiger charge is -2.34. The van der Waals surface area contributed by atoms with E-state index in [0.717, 1.165) is 18.7 Å². The zero-order valence-corrected chi connectivity index (χ0v) is 13.8. The number of nitrogens with zero attached hydrogens (tertiary/aromatic N) is 2. The summed E-state index contributed by atoms with van der Waals surface area (Å²) in [5.41, 5.74) is 1.17. The minimum Gasteiger partial charge on any atom is -0.296 e. The Labute approximate surface area is 140 Å². The van der Waals surface area contributed by atoms with Crippen molar-refractivity contribution in [1.82, 2.24) is 9.21 Å². The number of halogens is 2. The fraction of sp³-hybridized carbons (Fsp3) is 0.294. The lowest BCUT2D eigenvalue weighted by Crippen LogP contribution is -2.48. The van der Waals surface area contributed by atoms with Crippen molar-refractivity contribution in [2.24, 2.45) is 0 Å². The average Bonchev–Trinajstić information content (AvgIpc) is 2.56. The lowest BCUT2D eigenvalue weighted by atomic mass is 10.2. The summed E-state index contributed by atoms with van der Waals surface area (Å²) in [6.07, 6.45) is 0. The first-order valence-electron chi connectivity index (χ1n) is 7.68. The fourth-order valence-corrected chi connectivity index (χ4v) is 4.26. The monoisotopic (exact) mass is 352 g/mol. The number of benzene rings is 2. The minimum atomic E-state index is -3.94. The molecule has 0 amide bonds. The molecule has 1 saturated heterocycles. The second-order valence-electron chi connectivity index (χ2n) is 5.74. The van der Waals surface area contributed by atoms with Gasteiger partial charge in [0.2, 0.25) is 10.0 Å². The van der Waals surface area contributed by atoms with Crippen LogP contribution in [0.15, 0.2) is 53.4 Å². The molecule has 0 unspecified atom stereocenters. The van der Waals surface area contributed by atoms with Gasteiger partial charge in [-0.05, 0) is 17.7 Å². The van der Waals surface area contributed by atoms with Crippen molar-refractivity contribution < 1.29 is 17.2 Å². The van der Waals surface area contributed by atoms with Crippen LogP contribution >= 0.6 is 0 Å². The molecule has 0 aromatic heterocycles. The molecule has 0 radical (unpaired) electrons. The van der Waals surface area contributed by atoms with Gasteiger partial charge in [0.15, 0.2) is 0 Å². The average molecular weight is 352 g/mol. The highest BCUT2D eigenvalue weighted by molar-refractivity contribution is 7.89. The summed E-state index contributed by atoms with van der Waals surface area (Å²) >= 11 is 0. The van der Waals surface area contributed by atoms with Gasteiger partial charge in [-0.3, -0.25) is 4.90 Å². The van der Waals surface area contributed by atoms with Gasteiger partial charge < -0.3 is 0 Å². The van der Waals surface area contributed by atoms with Crippen molar-refractivity contribution in [1.29, 1.82) is 0 Å². The van der Waals surface area contributed by atoms with Gasteiger partial charge in [-0.25, -0.2) is 17.2 Å². The van der Waals surface area contributed by atoms with Gasteiger partial charge in [-0.15, -0.1) is 0 Å². The van der Waals surface area contributed by atoms with E-state index in [0.29, 0.717) is 19.2 Å². The van der Waals surface area contributed by atoms with E-state index in [9.17, 15) is 17.2 Å². The first kappa shape index (κ1) is 17.0. The van der Waals surface area contributed by atoms with Crippen LogP contribution in [0.1, 0.15) is 5.56 Å². The minimum absolute atomic E-state index is 0.284. The molecule has 0 aliphatic carbocycles. The van der Waals surface area contributed by atoms with E-state index in [2.05, 4.69) is 4.90 Å². The second kappa shape index (κ2) is 6.96. The predicted octanol–water partition coefficient (Wildman–Crippen LogP) is 2.47. The van der Waals surface area contributed by atoms with Gasteiger partial charge in [-0.2, -0.15) is 4.31 Å². The molecule has 2 aromatic rings. The van der Waals surface area contributed by atoms with E-state index < -0.39 is 26.6 Å². The van der Waals surface area contributed by atoms with E-state index in [1.54, 1.807) is 0 Å². The van der Waals surface area contributed by atoms with Gasteiger partial charge in [0.25, 0.3) is 0 Å². The first-order chi connectivity index (χ1) is 11.5. The molecule has 4 nitrogen and oxygen atoms in total. The van der Waals surface area contributed by atoms with Crippen molar-refractivity contribution in [2.75, 3.05) is 26.2 Å². The molecule has 2 aromatic carbocycles. The molecule has 0 N–H and O–H groups in total. The summed E-state index contributed by atoms with van der Waals surface area (Å²) in [4.78, 5) is 1.68. The summed E-state index contributed by atoms with van der Waals surface area (Å²) in [6, 6.07) is 12.5. The number of hydrogen-bond acceptors (Lipinski definition) is 3. The molecule has 24 heavy (non-hydrogen) atoms. The molecule has 7 heteroatoms. The number of hydrogen-bond donors (Lipinski definition) is 0. The van der Waals surface area contributed by atoms with Crippen LogP contribution in [0.2, 0.25) is 0 Å². The van der Waals surface area contributed by atoms with Gasteiger partial charge in [0.1, 0.15) is 16.5 Å². The molecule has 128 valence electrons. The van der Waals surface area contributed by atoms with Crippen LogP contribution in [0, 0.1) is 11.6 Å². The Kier molecular flexibility index (Phi) is 4.93. The predicted molar refractivity (Wildman–Crippen MR) is 86.8 cm³/mol. The maximum Gasteiger partial charge on any atom is 0.246 e. The maximum atomic E-state index is 13.8. The van der Waals surface area contributed by atoms with Crippen molar-refractivity contribution >= 4 is 10.0 Å². The third-order valence-electron chi connectivity index (χ3n) is 4.09. The SMILES string of the molecule is O=S(=O)(c1ccc(F)cc1F)N1CCN(Cc2ccccc2)CC1. The van der Waals surface area contributed by atoms with Crippen LogP contribution < -0.4 is 0 Å². The molecular weight excluding hydrogens is 334 g/mol. The third-order valence-corrected chi connectivity index (χ3v) is 6.02. The Morgan fingerprint density at radius 1 is 0.917 bits per heavy atom. The van der Waals surface area contributed by atoms with Crippen LogP contribution in [0.5, 0.6) is 0 Å².